The molecule has 0 aromatic rings. The van der Waals surface area contributed by atoms with Gasteiger partial charge in [-0.3, -0.25) is 0 Å². The highest BCUT2D eigenvalue weighted by molar-refractivity contribution is 8.68. The molecule has 0 radical (unpaired) electrons. The molecule has 2 N–H and O–H groups in total. The SMILES string of the molecule is OCCC(O)SS. The van der Waals surface area contributed by atoms with Crippen LogP contribution in [0, 0.1) is 0 Å². The molecule has 0 heterocycles. The first kappa shape index (κ1) is 7.62. The van der Waals surface area contributed by atoms with E-state index in [0.29, 0.717) is 6.42 Å². The predicted molar refractivity (Wildman–Crippen MR) is 34.3 cm³/mol. The van der Waals surface area contributed by atoms with Gasteiger partial charge in [0.25, 0.3) is 0 Å². The first-order valence-electron chi connectivity index (χ1n) is 1.90. The van der Waals surface area contributed by atoms with Crippen LogP contribution in [-0.2, 0) is 0 Å². The van der Waals surface area contributed by atoms with Gasteiger partial charge in [-0.15, -0.1) is 11.7 Å². The second kappa shape index (κ2) is 4.77. The van der Waals surface area contributed by atoms with E-state index in [9.17, 15) is 0 Å². The van der Waals surface area contributed by atoms with E-state index in [1.54, 1.807) is 0 Å². The normalized spacial score (nSPS) is 14.1. The number of hydrogen-bond acceptors (Lipinski definition) is 4. The van der Waals surface area contributed by atoms with Crippen molar-refractivity contribution in [2.75, 3.05) is 6.61 Å². The lowest BCUT2D eigenvalue weighted by Crippen LogP contribution is -1.99. The topological polar surface area (TPSA) is 40.5 Å². The molecule has 0 aliphatic carbocycles. The van der Waals surface area contributed by atoms with Gasteiger partial charge in [-0.1, -0.05) is 10.8 Å². The quantitative estimate of drug-likeness (QED) is 0.299. The van der Waals surface area contributed by atoms with Crippen LogP contribution in [0.3, 0.4) is 0 Å². The number of aliphatic hydroxyl groups is 2. The van der Waals surface area contributed by atoms with Crippen molar-refractivity contribution in [2.45, 2.75) is 11.9 Å². The van der Waals surface area contributed by atoms with Gasteiger partial charge < -0.3 is 10.2 Å². The van der Waals surface area contributed by atoms with E-state index in [4.69, 9.17) is 10.2 Å². The summed E-state index contributed by atoms with van der Waals surface area (Å²) in [6.45, 7) is 0.0225. The summed E-state index contributed by atoms with van der Waals surface area (Å²) < 4.78 is 0. The van der Waals surface area contributed by atoms with Gasteiger partial charge in [0, 0.05) is 13.0 Å². The second-order valence-electron chi connectivity index (χ2n) is 1.07. The van der Waals surface area contributed by atoms with Gasteiger partial charge in [-0.05, 0) is 0 Å². The van der Waals surface area contributed by atoms with E-state index in [1.165, 1.54) is 0 Å². The summed E-state index contributed by atoms with van der Waals surface area (Å²) in [5, 5.41) is 16.7. The highest BCUT2D eigenvalue weighted by Crippen LogP contribution is 2.13. The maximum atomic E-state index is 8.58. The Morgan fingerprint density at radius 2 is 2.29 bits per heavy atom. The van der Waals surface area contributed by atoms with Crippen LogP contribution in [0.5, 0.6) is 0 Å². The maximum Gasteiger partial charge on any atom is 0.111 e. The monoisotopic (exact) mass is 140 g/mol. The zero-order valence-electron chi connectivity index (χ0n) is 3.74. The molecule has 0 spiro atoms. The largest absolute Gasteiger partial charge is 0.396 e. The van der Waals surface area contributed by atoms with Gasteiger partial charge in [-0.2, -0.15) is 0 Å². The van der Waals surface area contributed by atoms with Crippen LogP contribution in [0.2, 0.25) is 0 Å². The molecule has 44 valence electrons. The van der Waals surface area contributed by atoms with Gasteiger partial charge in [0.15, 0.2) is 0 Å². The Kier molecular flexibility index (Phi) is 5.19. The fourth-order valence-electron chi connectivity index (χ4n) is 0.163. The first-order valence-corrected chi connectivity index (χ1v) is 3.83. The second-order valence-corrected chi connectivity index (χ2v) is 2.46. The summed E-state index contributed by atoms with van der Waals surface area (Å²) in [5.41, 5.74) is -0.520. The van der Waals surface area contributed by atoms with Crippen molar-refractivity contribution in [3.05, 3.63) is 0 Å². The lowest BCUT2D eigenvalue weighted by molar-refractivity contribution is 0.199. The lowest BCUT2D eigenvalue weighted by Gasteiger charge is -1.99. The van der Waals surface area contributed by atoms with Crippen LogP contribution in [0.1, 0.15) is 6.42 Å². The Morgan fingerprint density at radius 1 is 1.71 bits per heavy atom. The predicted octanol–water partition coefficient (Wildman–Crippen LogP) is 0.265. The van der Waals surface area contributed by atoms with Crippen LogP contribution in [0.25, 0.3) is 0 Å². The van der Waals surface area contributed by atoms with E-state index in [1.807, 2.05) is 0 Å². The zero-order chi connectivity index (χ0) is 5.70. The molecule has 0 amide bonds. The average molecular weight is 140 g/mol. The molecule has 0 aromatic carbocycles. The molecule has 0 saturated carbocycles. The maximum absolute atomic E-state index is 8.58. The third-order valence-corrected chi connectivity index (χ3v) is 1.71. The molecule has 0 aromatic heterocycles. The smallest absolute Gasteiger partial charge is 0.111 e. The molecule has 0 aliphatic rings. The van der Waals surface area contributed by atoms with Crippen molar-refractivity contribution in [3.63, 3.8) is 0 Å². The van der Waals surface area contributed by atoms with Crippen molar-refractivity contribution in [1.29, 1.82) is 0 Å². The summed E-state index contributed by atoms with van der Waals surface area (Å²) in [5.74, 6) is 0. The highest BCUT2D eigenvalue weighted by Gasteiger charge is 1.97. The van der Waals surface area contributed by atoms with Gasteiger partial charge in [0.2, 0.25) is 0 Å². The summed E-state index contributed by atoms with van der Waals surface area (Å²) in [6, 6.07) is 0. The van der Waals surface area contributed by atoms with E-state index in [2.05, 4.69) is 11.7 Å². The Morgan fingerprint density at radius 3 is 2.43 bits per heavy atom. The molecule has 7 heavy (non-hydrogen) atoms. The number of hydrogen-bond donors (Lipinski definition) is 3. The van der Waals surface area contributed by atoms with Gasteiger partial charge in [-0.25, -0.2) is 0 Å². The first-order chi connectivity index (χ1) is 3.31. The number of rotatable bonds is 3. The van der Waals surface area contributed by atoms with E-state index < -0.39 is 5.44 Å². The Balaban J connectivity index is 2.83. The minimum atomic E-state index is -0.520. The molecule has 1 atom stereocenters. The van der Waals surface area contributed by atoms with Crippen LogP contribution in [-0.4, -0.2) is 22.3 Å². The molecule has 0 rings (SSSR count). The van der Waals surface area contributed by atoms with Gasteiger partial charge in [0.1, 0.15) is 5.44 Å². The minimum Gasteiger partial charge on any atom is -0.396 e. The van der Waals surface area contributed by atoms with Crippen molar-refractivity contribution in [3.8, 4) is 0 Å². The van der Waals surface area contributed by atoms with Crippen molar-refractivity contribution < 1.29 is 10.2 Å². The summed E-state index contributed by atoms with van der Waals surface area (Å²) in [4.78, 5) is 0. The molecule has 0 fully saturated rings. The summed E-state index contributed by atoms with van der Waals surface area (Å²) >= 11 is 3.71. The van der Waals surface area contributed by atoms with Crippen LogP contribution in [0.15, 0.2) is 0 Å². The number of aliphatic hydroxyl groups excluding tert-OH is 2. The standard InChI is InChI=1S/C3H8O2S2/c4-2-1-3(5)7-6/h3-6H,1-2H2. The fourth-order valence-corrected chi connectivity index (χ4v) is 0.690. The van der Waals surface area contributed by atoms with E-state index in [-0.39, 0.29) is 6.61 Å². The average Bonchev–Trinajstić information content (AvgIpc) is 1.68. The van der Waals surface area contributed by atoms with E-state index in [0.717, 1.165) is 10.8 Å². The number of thiol groups is 1. The summed E-state index contributed by atoms with van der Waals surface area (Å²) in [7, 11) is 1.04. The van der Waals surface area contributed by atoms with Crippen LogP contribution in [0.4, 0.5) is 0 Å². The molecule has 1 unspecified atom stereocenters. The minimum absolute atomic E-state index is 0.0225. The fraction of sp³-hybridized carbons (Fsp3) is 1.00. The van der Waals surface area contributed by atoms with E-state index >= 15 is 0 Å². The molecule has 0 saturated heterocycles. The molecule has 4 heteroatoms. The van der Waals surface area contributed by atoms with Crippen LogP contribution < -0.4 is 0 Å². The van der Waals surface area contributed by atoms with Crippen molar-refractivity contribution in [1.82, 2.24) is 0 Å². The Labute approximate surface area is 51.7 Å². The molecule has 0 aliphatic heterocycles. The van der Waals surface area contributed by atoms with Crippen LogP contribution >= 0.6 is 22.5 Å². The molecule has 0 bridgehead atoms. The lowest BCUT2D eigenvalue weighted by atomic mass is 10.5. The zero-order valence-corrected chi connectivity index (χ0v) is 5.45. The molecule has 2 nitrogen and oxygen atoms in total. The summed E-state index contributed by atoms with van der Waals surface area (Å²) in [6.07, 6.45) is 0.397. The highest BCUT2D eigenvalue weighted by atomic mass is 33.1. The molecular formula is C3H8O2S2. The third-order valence-electron chi connectivity index (χ3n) is 0.498. The third kappa shape index (κ3) is 4.47. The Bertz CT molecular complexity index is 41.9. The Hall–Kier alpha value is 0.620. The molecular weight excluding hydrogens is 132 g/mol. The van der Waals surface area contributed by atoms with Crippen molar-refractivity contribution >= 4 is 22.5 Å². The van der Waals surface area contributed by atoms with Gasteiger partial charge in [0.05, 0.1) is 0 Å². The van der Waals surface area contributed by atoms with Crippen molar-refractivity contribution in [2.24, 2.45) is 0 Å². The van der Waals surface area contributed by atoms with Gasteiger partial charge >= 0.3 is 0 Å².